The number of rotatable bonds is 3. The number of hydrogen-bond acceptors (Lipinski definition) is 3. The van der Waals surface area contributed by atoms with Crippen LogP contribution in [-0.2, 0) is 9.63 Å². The molecule has 0 aliphatic carbocycles. The Morgan fingerprint density at radius 2 is 2.20 bits per heavy atom. The van der Waals surface area contributed by atoms with E-state index in [1.54, 1.807) is 0 Å². The molecule has 1 aliphatic heterocycles. The van der Waals surface area contributed by atoms with E-state index in [9.17, 15) is 4.79 Å². The summed E-state index contributed by atoms with van der Waals surface area (Å²) in [6.45, 7) is 5.82. The van der Waals surface area contributed by atoms with Crippen LogP contribution in [0.2, 0.25) is 0 Å². The minimum Gasteiger partial charge on any atom is -0.274 e. The standard InChI is InChI=1S/C9H16N4O2/c1-8(2)5-9(3,6-11-12-10)13(15-4)7(8)14/h5-6H2,1-4H3. The lowest BCUT2D eigenvalue weighted by molar-refractivity contribution is -0.193. The minimum atomic E-state index is -0.540. The van der Waals surface area contributed by atoms with Crippen molar-refractivity contribution >= 4 is 5.91 Å². The summed E-state index contributed by atoms with van der Waals surface area (Å²) in [6.07, 6.45) is 0.617. The number of hydroxylamine groups is 2. The zero-order valence-corrected chi connectivity index (χ0v) is 9.52. The van der Waals surface area contributed by atoms with E-state index in [-0.39, 0.29) is 12.5 Å². The quantitative estimate of drug-likeness (QED) is 0.406. The molecule has 1 aliphatic rings. The first kappa shape index (κ1) is 11.8. The van der Waals surface area contributed by atoms with E-state index in [1.165, 1.54) is 12.2 Å². The third-order valence-electron chi connectivity index (χ3n) is 2.73. The molecule has 0 aromatic carbocycles. The van der Waals surface area contributed by atoms with Crippen molar-refractivity contribution in [2.24, 2.45) is 10.5 Å². The van der Waals surface area contributed by atoms with E-state index in [2.05, 4.69) is 10.0 Å². The summed E-state index contributed by atoms with van der Waals surface area (Å²) < 4.78 is 0. The molecule has 15 heavy (non-hydrogen) atoms. The summed E-state index contributed by atoms with van der Waals surface area (Å²) in [7, 11) is 1.45. The molecule has 1 atom stereocenters. The minimum absolute atomic E-state index is 0.0689. The lowest BCUT2D eigenvalue weighted by atomic mass is 9.84. The number of carbonyl (C=O) groups is 1. The highest BCUT2D eigenvalue weighted by Crippen LogP contribution is 2.42. The Balaban J connectivity index is 2.99. The van der Waals surface area contributed by atoms with Crippen molar-refractivity contribution in [1.82, 2.24) is 5.06 Å². The molecule has 0 bridgehead atoms. The second kappa shape index (κ2) is 3.72. The number of carbonyl (C=O) groups excluding carboxylic acids is 1. The van der Waals surface area contributed by atoms with Crippen molar-refractivity contribution in [3.8, 4) is 0 Å². The second-order valence-electron chi connectivity index (χ2n) is 4.73. The normalized spacial score (nSPS) is 29.1. The molecule has 0 aromatic heterocycles. The Bertz CT molecular complexity index is 322. The van der Waals surface area contributed by atoms with Crippen molar-refractivity contribution < 1.29 is 9.63 Å². The maximum absolute atomic E-state index is 11.9. The first-order valence-electron chi connectivity index (χ1n) is 4.77. The number of amides is 1. The van der Waals surface area contributed by atoms with E-state index in [4.69, 9.17) is 10.4 Å². The van der Waals surface area contributed by atoms with Crippen molar-refractivity contribution in [2.75, 3.05) is 13.7 Å². The summed E-state index contributed by atoms with van der Waals surface area (Å²) in [5.74, 6) is -0.0689. The fraction of sp³-hybridized carbons (Fsp3) is 0.889. The molecule has 1 rings (SSSR count). The molecule has 0 N–H and O–H groups in total. The van der Waals surface area contributed by atoms with Crippen LogP contribution in [0.4, 0.5) is 0 Å². The molecule has 0 saturated carbocycles. The Kier molecular flexibility index (Phi) is 2.93. The van der Waals surface area contributed by atoms with E-state index >= 15 is 0 Å². The van der Waals surface area contributed by atoms with Crippen LogP contribution >= 0.6 is 0 Å². The van der Waals surface area contributed by atoms with E-state index in [0.29, 0.717) is 6.42 Å². The third-order valence-corrected chi connectivity index (χ3v) is 2.73. The molecule has 1 saturated heterocycles. The maximum Gasteiger partial charge on any atom is 0.252 e. The molecule has 1 fully saturated rings. The van der Waals surface area contributed by atoms with Gasteiger partial charge in [0.05, 0.1) is 19.2 Å². The SMILES string of the molecule is CON1C(=O)C(C)(C)CC1(C)CN=[N+]=[N-]. The molecular weight excluding hydrogens is 196 g/mol. The molecule has 6 nitrogen and oxygen atoms in total. The van der Waals surface area contributed by atoms with Crippen LogP contribution in [0.3, 0.4) is 0 Å². The average molecular weight is 212 g/mol. The van der Waals surface area contributed by atoms with E-state index < -0.39 is 11.0 Å². The average Bonchev–Trinajstić information content (AvgIpc) is 2.31. The van der Waals surface area contributed by atoms with Crippen LogP contribution in [0, 0.1) is 5.41 Å². The van der Waals surface area contributed by atoms with Gasteiger partial charge in [-0.05, 0) is 18.9 Å². The summed E-state index contributed by atoms with van der Waals surface area (Å²) >= 11 is 0. The van der Waals surface area contributed by atoms with Gasteiger partial charge < -0.3 is 0 Å². The van der Waals surface area contributed by atoms with Gasteiger partial charge in [-0.2, -0.15) is 0 Å². The van der Waals surface area contributed by atoms with Gasteiger partial charge in [0.1, 0.15) is 0 Å². The molecule has 6 heteroatoms. The maximum atomic E-state index is 11.9. The molecule has 1 heterocycles. The van der Waals surface area contributed by atoms with Gasteiger partial charge in [-0.15, -0.1) is 0 Å². The first-order chi connectivity index (χ1) is 6.87. The fourth-order valence-corrected chi connectivity index (χ4v) is 2.23. The predicted molar refractivity (Wildman–Crippen MR) is 54.7 cm³/mol. The highest BCUT2D eigenvalue weighted by molar-refractivity contribution is 5.84. The predicted octanol–water partition coefficient (Wildman–Crippen LogP) is 1.88. The Morgan fingerprint density at radius 3 is 2.67 bits per heavy atom. The van der Waals surface area contributed by atoms with Gasteiger partial charge in [-0.3, -0.25) is 9.63 Å². The second-order valence-corrected chi connectivity index (χ2v) is 4.73. The van der Waals surface area contributed by atoms with E-state index in [1.807, 2.05) is 20.8 Å². The molecular formula is C9H16N4O2. The summed E-state index contributed by atoms with van der Waals surface area (Å²) in [5, 5.41) is 4.85. The molecule has 0 aromatic rings. The van der Waals surface area contributed by atoms with Crippen LogP contribution < -0.4 is 0 Å². The van der Waals surface area contributed by atoms with Crippen LogP contribution in [0.5, 0.6) is 0 Å². The van der Waals surface area contributed by atoms with Crippen LogP contribution in [-0.4, -0.2) is 30.2 Å². The topological polar surface area (TPSA) is 78.3 Å². The summed E-state index contributed by atoms with van der Waals surface area (Å²) in [6, 6.07) is 0. The van der Waals surface area contributed by atoms with Gasteiger partial charge in [0, 0.05) is 10.3 Å². The van der Waals surface area contributed by atoms with Gasteiger partial charge in [0.15, 0.2) is 0 Å². The highest BCUT2D eigenvalue weighted by Gasteiger charge is 2.52. The van der Waals surface area contributed by atoms with E-state index in [0.717, 1.165) is 0 Å². The summed E-state index contributed by atoms with van der Waals surface area (Å²) in [5.41, 5.74) is 7.31. The lowest BCUT2D eigenvalue weighted by Crippen LogP contribution is -2.45. The zero-order valence-electron chi connectivity index (χ0n) is 9.52. The first-order valence-corrected chi connectivity index (χ1v) is 4.77. The van der Waals surface area contributed by atoms with Gasteiger partial charge in [-0.25, -0.2) is 5.06 Å². The van der Waals surface area contributed by atoms with Crippen molar-refractivity contribution in [3.05, 3.63) is 10.4 Å². The highest BCUT2D eigenvalue weighted by atomic mass is 16.7. The molecule has 84 valence electrons. The third kappa shape index (κ3) is 1.91. The monoisotopic (exact) mass is 212 g/mol. The van der Waals surface area contributed by atoms with Crippen molar-refractivity contribution in [2.45, 2.75) is 32.7 Å². The number of hydrogen-bond donors (Lipinski definition) is 0. The van der Waals surface area contributed by atoms with Crippen molar-refractivity contribution in [1.29, 1.82) is 0 Å². The Hall–Kier alpha value is -1.26. The largest absolute Gasteiger partial charge is 0.274 e. The van der Waals surface area contributed by atoms with Crippen LogP contribution in [0.1, 0.15) is 27.2 Å². The van der Waals surface area contributed by atoms with Gasteiger partial charge in [-0.1, -0.05) is 19.0 Å². The zero-order chi connectivity index (χ0) is 11.7. The smallest absolute Gasteiger partial charge is 0.252 e. The van der Waals surface area contributed by atoms with Gasteiger partial charge in [0.2, 0.25) is 0 Å². The Labute approximate surface area is 88.8 Å². The van der Waals surface area contributed by atoms with Crippen LogP contribution in [0.25, 0.3) is 10.4 Å². The number of azide groups is 1. The molecule has 1 unspecified atom stereocenters. The lowest BCUT2D eigenvalue weighted by Gasteiger charge is -2.31. The van der Waals surface area contributed by atoms with Gasteiger partial charge in [0.25, 0.3) is 5.91 Å². The fourth-order valence-electron chi connectivity index (χ4n) is 2.23. The molecule has 0 radical (unpaired) electrons. The van der Waals surface area contributed by atoms with Crippen molar-refractivity contribution in [3.63, 3.8) is 0 Å². The van der Waals surface area contributed by atoms with Gasteiger partial charge >= 0.3 is 0 Å². The molecule has 0 spiro atoms. The summed E-state index contributed by atoms with van der Waals surface area (Å²) in [4.78, 5) is 19.7. The number of nitrogens with zero attached hydrogens (tertiary/aromatic N) is 4. The molecule has 1 amide bonds. The van der Waals surface area contributed by atoms with Crippen LogP contribution in [0.15, 0.2) is 5.11 Å². The Morgan fingerprint density at radius 1 is 1.60 bits per heavy atom.